The average Bonchev–Trinajstić information content (AvgIpc) is 3.21. The Morgan fingerprint density at radius 3 is 2.29 bits per heavy atom. The van der Waals surface area contributed by atoms with Crippen LogP contribution in [0.15, 0.2) is 54.6 Å². The molecule has 0 spiro atoms. The second-order valence-electron chi connectivity index (χ2n) is 8.34. The van der Waals surface area contributed by atoms with E-state index < -0.39 is 29.9 Å². The van der Waals surface area contributed by atoms with Gasteiger partial charge in [0.1, 0.15) is 6.04 Å². The number of anilines is 1. The molecule has 1 heterocycles. The Morgan fingerprint density at radius 1 is 1.00 bits per heavy atom. The van der Waals surface area contributed by atoms with Gasteiger partial charge in [-0.05, 0) is 49.4 Å². The quantitative estimate of drug-likeness (QED) is 0.318. The number of carbonyl (C=O) groups excluding carboxylic acids is 1. The van der Waals surface area contributed by atoms with Crippen LogP contribution in [0.5, 0.6) is 0 Å². The van der Waals surface area contributed by atoms with Crippen LogP contribution in [0.2, 0.25) is 0 Å². The number of unbranched alkanes of at least 4 members (excludes halogenated alkanes) is 1. The molecule has 4 N–H and O–H groups in total. The number of carbonyl (C=O) groups is 3. The summed E-state index contributed by atoms with van der Waals surface area (Å²) in [7, 11) is 0. The second kappa shape index (κ2) is 15.7. The van der Waals surface area contributed by atoms with Crippen LogP contribution in [0.3, 0.4) is 0 Å². The number of para-hydroxylation sites is 1. The van der Waals surface area contributed by atoms with Crippen molar-refractivity contribution in [2.45, 2.75) is 38.1 Å². The fourth-order valence-corrected chi connectivity index (χ4v) is 4.23. The number of hydrogen-bond donors (Lipinski definition) is 3. The van der Waals surface area contributed by atoms with Gasteiger partial charge < -0.3 is 20.8 Å². The summed E-state index contributed by atoms with van der Waals surface area (Å²) in [5.74, 6) is -2.83. The zero-order valence-corrected chi connectivity index (χ0v) is 18.6. The summed E-state index contributed by atoms with van der Waals surface area (Å²) in [4.78, 5) is 40.4. The maximum atomic E-state index is 13.6. The zero-order chi connectivity index (χ0) is 23.8. The summed E-state index contributed by atoms with van der Waals surface area (Å²) in [5, 5.41) is 19.6. The predicted molar refractivity (Wildman–Crippen MR) is 139 cm³/mol. The number of carboxylic acid groups (broad SMARTS) is 2. The zero-order valence-electron chi connectivity index (χ0n) is 18.6. The first-order valence-electron chi connectivity index (χ1n) is 11.3. The third kappa shape index (κ3) is 8.60. The third-order valence-electron chi connectivity index (χ3n) is 6.03. The number of carboxylic acids is 2. The van der Waals surface area contributed by atoms with Crippen molar-refractivity contribution >= 4 is 82.8 Å². The Hall–Kier alpha value is -1.39. The van der Waals surface area contributed by atoms with Gasteiger partial charge in [-0.2, -0.15) is 0 Å². The van der Waals surface area contributed by atoms with Crippen LogP contribution in [-0.2, 0) is 22.4 Å². The molecule has 0 aliphatic carbocycles. The normalized spacial score (nSPS) is 14.8. The first-order chi connectivity index (χ1) is 15.9. The number of aryl methyl sites for hydroxylation is 1. The summed E-state index contributed by atoms with van der Waals surface area (Å²) in [5.41, 5.74) is 8.00. The molecule has 2 atom stereocenters. The summed E-state index contributed by atoms with van der Waals surface area (Å²) < 4.78 is 0. The SMILES string of the molecule is NCCCCN(C[C@@H](CCc1ccccc1)C(=O)O)C(=O)N1c2ccccc2CC1C(=O)O.[NaH].[NaH]. The van der Waals surface area contributed by atoms with E-state index in [2.05, 4.69) is 0 Å². The van der Waals surface area contributed by atoms with Crippen molar-refractivity contribution in [1.29, 1.82) is 0 Å². The molecule has 2 amide bonds. The van der Waals surface area contributed by atoms with E-state index in [-0.39, 0.29) is 72.1 Å². The van der Waals surface area contributed by atoms with Gasteiger partial charge in [0, 0.05) is 25.2 Å². The van der Waals surface area contributed by atoms with Crippen molar-refractivity contribution in [2.75, 3.05) is 24.5 Å². The molecule has 2 aromatic carbocycles. The van der Waals surface area contributed by atoms with Gasteiger partial charge in [-0.3, -0.25) is 9.69 Å². The molecule has 0 bridgehead atoms. The molecule has 0 saturated heterocycles. The molecule has 180 valence electrons. The van der Waals surface area contributed by atoms with E-state index in [4.69, 9.17) is 5.73 Å². The summed E-state index contributed by atoms with van der Waals surface area (Å²) in [6, 6.07) is 15.3. The fourth-order valence-electron chi connectivity index (χ4n) is 4.23. The van der Waals surface area contributed by atoms with E-state index >= 15 is 0 Å². The average molecular weight is 502 g/mol. The number of nitrogens with two attached hydrogens (primary N) is 1. The number of aliphatic carboxylic acids is 2. The minimum absolute atomic E-state index is 0. The number of rotatable bonds is 11. The molecule has 0 radical (unpaired) electrons. The van der Waals surface area contributed by atoms with E-state index in [0.717, 1.165) is 11.1 Å². The Balaban J connectivity index is 0.00000306. The van der Waals surface area contributed by atoms with Gasteiger partial charge in [-0.25, -0.2) is 9.59 Å². The standard InChI is InChI=1S/C25H31N3O5.2Na.2H/c26-14-6-7-15-27(17-20(23(29)30)13-12-18-8-2-1-3-9-18)25(33)28-21-11-5-4-10-19(21)16-22(28)24(31)32;;;;/h1-5,8-11,20,22H,6-7,12-17,26H2,(H,29,30)(H,31,32);;;;/t20-,22?;;;;/m1..../s1. The molecular weight excluding hydrogens is 468 g/mol. The van der Waals surface area contributed by atoms with E-state index in [1.807, 2.05) is 42.5 Å². The molecule has 1 aliphatic heterocycles. The van der Waals surface area contributed by atoms with E-state index in [0.29, 0.717) is 44.5 Å². The number of hydrogen-bond acceptors (Lipinski definition) is 4. The first-order valence-corrected chi connectivity index (χ1v) is 11.3. The topological polar surface area (TPSA) is 124 Å². The number of urea groups is 1. The van der Waals surface area contributed by atoms with Crippen LogP contribution in [-0.4, -0.2) is 118 Å². The van der Waals surface area contributed by atoms with Crippen molar-refractivity contribution in [3.63, 3.8) is 0 Å². The molecule has 2 aromatic rings. The predicted octanol–water partition coefficient (Wildman–Crippen LogP) is 1.70. The van der Waals surface area contributed by atoms with Gasteiger partial charge in [0.25, 0.3) is 0 Å². The minimum atomic E-state index is -1.08. The Bertz CT molecular complexity index is 977. The van der Waals surface area contributed by atoms with E-state index in [1.54, 1.807) is 12.1 Å². The van der Waals surface area contributed by atoms with E-state index in [1.165, 1.54) is 9.80 Å². The van der Waals surface area contributed by atoms with Crippen molar-refractivity contribution in [3.8, 4) is 0 Å². The van der Waals surface area contributed by atoms with Crippen molar-refractivity contribution < 1.29 is 24.6 Å². The van der Waals surface area contributed by atoms with Crippen molar-refractivity contribution in [2.24, 2.45) is 11.7 Å². The number of benzene rings is 2. The van der Waals surface area contributed by atoms with Crippen LogP contribution in [0.25, 0.3) is 0 Å². The summed E-state index contributed by atoms with van der Waals surface area (Å²) in [6.07, 6.45) is 2.47. The van der Waals surface area contributed by atoms with Crippen LogP contribution < -0.4 is 10.6 Å². The van der Waals surface area contributed by atoms with Crippen LogP contribution in [0.4, 0.5) is 10.5 Å². The number of amides is 2. The van der Waals surface area contributed by atoms with Gasteiger partial charge in [0.2, 0.25) is 0 Å². The van der Waals surface area contributed by atoms with Crippen molar-refractivity contribution in [1.82, 2.24) is 4.90 Å². The molecule has 1 aliphatic rings. The third-order valence-corrected chi connectivity index (χ3v) is 6.03. The monoisotopic (exact) mass is 501 g/mol. The first kappa shape index (κ1) is 31.6. The van der Waals surface area contributed by atoms with Crippen molar-refractivity contribution in [3.05, 3.63) is 65.7 Å². The fraction of sp³-hybridized carbons (Fsp3) is 0.400. The van der Waals surface area contributed by atoms with Crippen LogP contribution in [0, 0.1) is 5.92 Å². The van der Waals surface area contributed by atoms with Crippen LogP contribution >= 0.6 is 0 Å². The van der Waals surface area contributed by atoms with E-state index in [9.17, 15) is 24.6 Å². The molecule has 1 unspecified atom stereocenters. The molecule has 10 heteroatoms. The molecule has 35 heavy (non-hydrogen) atoms. The second-order valence-corrected chi connectivity index (χ2v) is 8.34. The summed E-state index contributed by atoms with van der Waals surface area (Å²) >= 11 is 0. The maximum absolute atomic E-state index is 13.6. The molecule has 0 fully saturated rings. The molecule has 8 nitrogen and oxygen atoms in total. The molecule has 0 saturated carbocycles. The van der Waals surface area contributed by atoms with Crippen LogP contribution in [0.1, 0.15) is 30.4 Å². The van der Waals surface area contributed by atoms with Gasteiger partial charge in [-0.15, -0.1) is 0 Å². The Morgan fingerprint density at radius 2 is 1.66 bits per heavy atom. The van der Waals surface area contributed by atoms with Gasteiger partial charge in [0.15, 0.2) is 0 Å². The number of fused-ring (bicyclic) bond motifs is 1. The summed E-state index contributed by atoms with van der Waals surface area (Å²) in [6.45, 7) is 0.787. The Labute approximate surface area is 250 Å². The van der Waals surface area contributed by atoms with Gasteiger partial charge in [-0.1, -0.05) is 48.5 Å². The molecular formula is C25H33N3Na2O5. The van der Waals surface area contributed by atoms with Gasteiger partial charge in [0.05, 0.1) is 5.92 Å². The molecule has 3 rings (SSSR count). The number of nitrogens with zero attached hydrogens (tertiary/aromatic N) is 2. The van der Waals surface area contributed by atoms with Gasteiger partial charge >= 0.3 is 77.1 Å². The molecule has 0 aromatic heterocycles. The Kier molecular flexibility index (Phi) is 14.2.